The van der Waals surface area contributed by atoms with E-state index in [2.05, 4.69) is 12.2 Å². The number of hydrogen-bond acceptors (Lipinski definition) is 2. The molecule has 1 atom stereocenters. The third-order valence-electron chi connectivity index (χ3n) is 3.54. The molecule has 3 rings (SSSR count). The molecule has 0 saturated heterocycles. The number of carbonyl (C=O) groups excluding carboxylic acids is 1. The van der Waals surface area contributed by atoms with Crippen LogP contribution in [0.5, 0.6) is 0 Å². The molecule has 0 N–H and O–H groups in total. The van der Waals surface area contributed by atoms with Gasteiger partial charge in [-0.1, -0.05) is 24.3 Å². The lowest BCUT2D eigenvalue weighted by atomic mass is 9.67. The van der Waals surface area contributed by atoms with Gasteiger partial charge >= 0.3 is 0 Å². The minimum absolute atomic E-state index is 0.197. The van der Waals surface area contributed by atoms with Gasteiger partial charge in [-0.3, -0.25) is 4.79 Å². The van der Waals surface area contributed by atoms with E-state index in [9.17, 15) is 4.79 Å². The van der Waals surface area contributed by atoms with Gasteiger partial charge in [0, 0.05) is 12.8 Å². The summed E-state index contributed by atoms with van der Waals surface area (Å²) in [5.41, 5.74) is 1.05. The molecule has 2 nitrogen and oxygen atoms in total. The molecule has 3 aliphatic rings. The van der Waals surface area contributed by atoms with Crippen molar-refractivity contribution in [1.82, 2.24) is 0 Å². The SMILES string of the molecule is O=C1C=CC2=CCCOC3=CC=CCC23C1. The van der Waals surface area contributed by atoms with E-state index in [-0.39, 0.29) is 11.2 Å². The zero-order valence-corrected chi connectivity index (χ0v) is 9.11. The van der Waals surface area contributed by atoms with Crippen LogP contribution in [-0.4, -0.2) is 12.4 Å². The minimum atomic E-state index is -0.197. The zero-order valence-electron chi connectivity index (χ0n) is 9.11. The van der Waals surface area contributed by atoms with E-state index in [1.54, 1.807) is 6.08 Å². The maximum absolute atomic E-state index is 11.7. The Kier molecular flexibility index (Phi) is 2.10. The number of allylic oxidation sites excluding steroid dienone is 6. The first-order valence-electron chi connectivity index (χ1n) is 5.73. The molecule has 0 aromatic heterocycles. The van der Waals surface area contributed by atoms with Crippen LogP contribution in [0.3, 0.4) is 0 Å². The molecule has 0 fully saturated rings. The van der Waals surface area contributed by atoms with Crippen LogP contribution in [0.4, 0.5) is 0 Å². The predicted molar refractivity (Wildman–Crippen MR) is 61.7 cm³/mol. The molecule has 0 aromatic carbocycles. The van der Waals surface area contributed by atoms with E-state index in [4.69, 9.17) is 4.74 Å². The van der Waals surface area contributed by atoms with Gasteiger partial charge in [-0.25, -0.2) is 0 Å². The van der Waals surface area contributed by atoms with Crippen molar-refractivity contribution in [3.05, 3.63) is 47.8 Å². The van der Waals surface area contributed by atoms with Gasteiger partial charge in [0.25, 0.3) is 0 Å². The second kappa shape index (κ2) is 3.48. The van der Waals surface area contributed by atoms with Crippen molar-refractivity contribution in [3.63, 3.8) is 0 Å². The van der Waals surface area contributed by atoms with E-state index in [1.807, 2.05) is 18.2 Å². The van der Waals surface area contributed by atoms with Crippen molar-refractivity contribution in [2.24, 2.45) is 5.41 Å². The first-order valence-corrected chi connectivity index (χ1v) is 5.73. The van der Waals surface area contributed by atoms with Crippen LogP contribution in [0.25, 0.3) is 0 Å². The molecular weight excluding hydrogens is 200 g/mol. The van der Waals surface area contributed by atoms with Crippen LogP contribution in [0.1, 0.15) is 19.3 Å². The van der Waals surface area contributed by atoms with Crippen LogP contribution in [-0.2, 0) is 9.53 Å². The van der Waals surface area contributed by atoms with Crippen molar-refractivity contribution < 1.29 is 9.53 Å². The summed E-state index contributed by atoms with van der Waals surface area (Å²) in [5.74, 6) is 1.17. The average Bonchev–Trinajstić information content (AvgIpc) is 2.47. The van der Waals surface area contributed by atoms with E-state index in [1.165, 1.54) is 5.57 Å². The fourth-order valence-corrected chi connectivity index (χ4v) is 2.74. The summed E-state index contributed by atoms with van der Waals surface area (Å²) in [6.07, 6.45) is 14.4. The Balaban J connectivity index is 2.15. The zero-order chi connectivity index (χ0) is 11.0. The van der Waals surface area contributed by atoms with Gasteiger partial charge < -0.3 is 4.74 Å². The summed E-state index contributed by atoms with van der Waals surface area (Å²) >= 11 is 0. The minimum Gasteiger partial charge on any atom is -0.497 e. The Morgan fingerprint density at radius 1 is 1.31 bits per heavy atom. The molecule has 1 aliphatic heterocycles. The van der Waals surface area contributed by atoms with Crippen molar-refractivity contribution in [2.45, 2.75) is 19.3 Å². The number of ether oxygens (including phenoxy) is 1. The molecule has 1 unspecified atom stereocenters. The van der Waals surface area contributed by atoms with Gasteiger partial charge in [0.15, 0.2) is 5.78 Å². The van der Waals surface area contributed by atoms with Gasteiger partial charge in [-0.2, -0.15) is 0 Å². The lowest BCUT2D eigenvalue weighted by Crippen LogP contribution is -2.31. The Morgan fingerprint density at radius 3 is 3.19 bits per heavy atom. The van der Waals surface area contributed by atoms with Gasteiger partial charge in [0.05, 0.1) is 12.0 Å². The Hall–Kier alpha value is -1.57. The van der Waals surface area contributed by atoms with E-state index in [0.29, 0.717) is 13.0 Å². The highest BCUT2D eigenvalue weighted by Crippen LogP contribution is 2.49. The summed E-state index contributed by atoms with van der Waals surface area (Å²) in [7, 11) is 0. The standard InChI is InChI=1S/C14H14O2/c15-12-7-6-11-4-3-9-16-13-5-1-2-8-14(11,13)10-12/h1-2,4-7H,3,8-10H2. The lowest BCUT2D eigenvalue weighted by molar-refractivity contribution is -0.116. The monoisotopic (exact) mass is 214 g/mol. The Morgan fingerprint density at radius 2 is 2.25 bits per heavy atom. The van der Waals surface area contributed by atoms with E-state index >= 15 is 0 Å². The van der Waals surface area contributed by atoms with Crippen molar-refractivity contribution in [3.8, 4) is 0 Å². The molecule has 0 amide bonds. The van der Waals surface area contributed by atoms with Crippen LogP contribution in [0.15, 0.2) is 47.8 Å². The first-order chi connectivity index (χ1) is 7.81. The lowest BCUT2D eigenvalue weighted by Gasteiger charge is -2.37. The van der Waals surface area contributed by atoms with Gasteiger partial charge in [-0.05, 0) is 24.1 Å². The van der Waals surface area contributed by atoms with E-state index in [0.717, 1.165) is 18.6 Å². The van der Waals surface area contributed by atoms with E-state index < -0.39 is 0 Å². The predicted octanol–water partition coefficient (Wildman–Crippen LogP) is 2.69. The molecule has 0 aromatic rings. The normalized spacial score (nSPS) is 31.9. The van der Waals surface area contributed by atoms with Crippen LogP contribution < -0.4 is 0 Å². The van der Waals surface area contributed by atoms with Gasteiger partial charge in [0.1, 0.15) is 5.76 Å². The van der Waals surface area contributed by atoms with Crippen LogP contribution in [0.2, 0.25) is 0 Å². The molecule has 0 bridgehead atoms. The molecule has 1 heterocycles. The second-order valence-corrected chi connectivity index (χ2v) is 4.52. The number of carbonyl (C=O) groups is 1. The van der Waals surface area contributed by atoms with Crippen molar-refractivity contribution in [1.29, 1.82) is 0 Å². The summed E-state index contributed by atoms with van der Waals surface area (Å²) in [5, 5.41) is 0. The summed E-state index contributed by atoms with van der Waals surface area (Å²) < 4.78 is 5.79. The third-order valence-corrected chi connectivity index (χ3v) is 3.54. The maximum atomic E-state index is 11.7. The molecule has 2 heteroatoms. The fraction of sp³-hybridized carbons (Fsp3) is 0.357. The quantitative estimate of drug-likeness (QED) is 0.619. The highest BCUT2D eigenvalue weighted by Gasteiger charge is 2.42. The summed E-state index contributed by atoms with van der Waals surface area (Å²) in [4.78, 5) is 11.7. The molecule has 2 aliphatic carbocycles. The highest BCUT2D eigenvalue weighted by atomic mass is 16.5. The van der Waals surface area contributed by atoms with Gasteiger partial charge in [-0.15, -0.1) is 0 Å². The van der Waals surface area contributed by atoms with Crippen molar-refractivity contribution in [2.75, 3.05) is 6.61 Å². The molecular formula is C14H14O2. The highest BCUT2D eigenvalue weighted by molar-refractivity contribution is 5.93. The third kappa shape index (κ3) is 1.29. The molecule has 0 radical (unpaired) electrons. The smallest absolute Gasteiger partial charge is 0.157 e. The largest absolute Gasteiger partial charge is 0.497 e. The van der Waals surface area contributed by atoms with Crippen LogP contribution >= 0.6 is 0 Å². The first kappa shape index (κ1) is 9.64. The summed E-state index contributed by atoms with van der Waals surface area (Å²) in [6.45, 7) is 0.715. The fourth-order valence-electron chi connectivity index (χ4n) is 2.74. The maximum Gasteiger partial charge on any atom is 0.157 e. The topological polar surface area (TPSA) is 26.3 Å². The number of rotatable bonds is 0. The van der Waals surface area contributed by atoms with Crippen molar-refractivity contribution >= 4 is 5.78 Å². The number of hydrogen-bond donors (Lipinski definition) is 0. The molecule has 0 saturated carbocycles. The average molecular weight is 214 g/mol. The molecule has 16 heavy (non-hydrogen) atoms. The van der Waals surface area contributed by atoms with Gasteiger partial charge in [0.2, 0.25) is 0 Å². The summed E-state index contributed by atoms with van der Waals surface area (Å²) in [6, 6.07) is 0. The second-order valence-electron chi connectivity index (χ2n) is 4.52. The number of ketones is 1. The Bertz CT molecular complexity index is 451. The molecule has 1 spiro atoms. The Labute approximate surface area is 95.0 Å². The molecule has 82 valence electrons. The van der Waals surface area contributed by atoms with Crippen LogP contribution in [0, 0.1) is 5.41 Å².